The molecule has 0 saturated carbocycles. The van der Waals surface area contributed by atoms with Crippen LogP contribution in [0.5, 0.6) is 0 Å². The molecule has 4 rings (SSSR count). The number of aryl methyl sites for hydroxylation is 5. The smallest absolute Gasteiger partial charge is 0.00585 e. The fourth-order valence-electron chi connectivity index (χ4n) is 6.00. The zero-order valence-electron chi connectivity index (χ0n) is 22.0. The van der Waals surface area contributed by atoms with Crippen LogP contribution < -0.4 is 0 Å². The van der Waals surface area contributed by atoms with E-state index in [2.05, 4.69) is 91.8 Å². The number of hydrogen-bond acceptors (Lipinski definition) is 0. The first-order chi connectivity index (χ1) is 15.3. The van der Waals surface area contributed by atoms with E-state index >= 15 is 0 Å². The van der Waals surface area contributed by atoms with Crippen LogP contribution in [0.2, 0.25) is 0 Å². The van der Waals surface area contributed by atoms with Crippen molar-refractivity contribution in [3.63, 3.8) is 0 Å². The molecule has 0 saturated heterocycles. The van der Waals surface area contributed by atoms with Gasteiger partial charge in [0.05, 0.1) is 0 Å². The summed E-state index contributed by atoms with van der Waals surface area (Å²) in [5.41, 5.74) is 13.7. The minimum Gasteiger partial charge on any atom is -0.164 e. The maximum absolute atomic E-state index is 2.55. The van der Waals surface area contributed by atoms with Gasteiger partial charge in [0, 0.05) is 31.8 Å². The van der Waals surface area contributed by atoms with E-state index in [1.165, 1.54) is 64.3 Å². The molecule has 0 heterocycles. The first kappa shape index (κ1) is 26.3. The maximum Gasteiger partial charge on any atom is 0.00585 e. The summed E-state index contributed by atoms with van der Waals surface area (Å²) < 4.78 is 0. The molecule has 0 spiro atoms. The summed E-state index contributed by atoms with van der Waals surface area (Å²) in [6.45, 7) is 18.7. The fraction of sp³-hybridized carbons (Fsp3) is 0.469. The fourth-order valence-corrected chi connectivity index (χ4v) is 6.00. The maximum atomic E-state index is 2.55. The summed E-state index contributed by atoms with van der Waals surface area (Å²) in [4.78, 5) is 0. The molecule has 0 radical (unpaired) electrons. The third-order valence-corrected chi connectivity index (χ3v) is 8.41. The second-order valence-electron chi connectivity index (χ2n) is 10.4. The van der Waals surface area contributed by atoms with Crippen LogP contribution in [0.25, 0.3) is 16.8 Å². The van der Waals surface area contributed by atoms with E-state index in [1.807, 2.05) is 0 Å². The predicted octanol–water partition coefficient (Wildman–Crippen LogP) is 9.46. The molecule has 1 aliphatic rings. The van der Waals surface area contributed by atoms with Gasteiger partial charge in [0.15, 0.2) is 0 Å². The van der Waals surface area contributed by atoms with Gasteiger partial charge >= 0.3 is 0 Å². The molecule has 0 bridgehead atoms. The monoisotopic (exact) mass is 605 g/mol. The van der Waals surface area contributed by atoms with E-state index in [0.29, 0.717) is 17.8 Å². The molecule has 33 heavy (non-hydrogen) atoms. The zero-order valence-corrected chi connectivity index (χ0v) is 25.6. The molecule has 0 nitrogen and oxygen atoms in total. The van der Waals surface area contributed by atoms with Gasteiger partial charge in [0.2, 0.25) is 0 Å². The van der Waals surface area contributed by atoms with Gasteiger partial charge in [0.25, 0.3) is 0 Å². The summed E-state index contributed by atoms with van der Waals surface area (Å²) in [7, 11) is 0. The van der Waals surface area contributed by atoms with Crippen molar-refractivity contribution in [3.8, 4) is 0 Å². The van der Waals surface area contributed by atoms with Crippen molar-refractivity contribution in [1.82, 2.24) is 0 Å². The zero-order chi connectivity index (χ0) is 23.2. The Bertz CT molecular complexity index is 1170. The molecule has 0 aromatic heterocycles. The van der Waals surface area contributed by atoms with Gasteiger partial charge in [-0.25, -0.2) is 0 Å². The molecular formula is C32H41Hf-. The normalized spacial score (nSPS) is 17.0. The SMILES string of the molecule is CCC(C)C1=Cc2c(C)ccc(C)c2C1CC[c-]1c(C(C)CC)cc2c(C)ccc(C)c21.[Hf]. The molecule has 3 aromatic rings. The quantitative estimate of drug-likeness (QED) is 0.186. The second kappa shape index (κ2) is 10.5. The largest absolute Gasteiger partial charge is 0.164 e. The van der Waals surface area contributed by atoms with Crippen LogP contribution in [0.3, 0.4) is 0 Å². The van der Waals surface area contributed by atoms with Gasteiger partial charge in [-0.15, -0.1) is 33.5 Å². The Morgan fingerprint density at radius 2 is 1.42 bits per heavy atom. The number of fused-ring (bicyclic) bond motifs is 2. The van der Waals surface area contributed by atoms with Crippen LogP contribution in [0.15, 0.2) is 35.9 Å². The van der Waals surface area contributed by atoms with Crippen molar-refractivity contribution in [2.45, 2.75) is 92.9 Å². The van der Waals surface area contributed by atoms with Crippen molar-refractivity contribution in [3.05, 3.63) is 80.4 Å². The van der Waals surface area contributed by atoms with Crippen LogP contribution in [0.4, 0.5) is 0 Å². The molecule has 0 N–H and O–H groups in total. The third kappa shape index (κ3) is 4.64. The Morgan fingerprint density at radius 1 is 0.818 bits per heavy atom. The molecule has 0 aliphatic heterocycles. The third-order valence-electron chi connectivity index (χ3n) is 8.41. The molecule has 0 amide bonds. The van der Waals surface area contributed by atoms with Gasteiger partial charge in [-0.2, -0.15) is 6.07 Å². The van der Waals surface area contributed by atoms with Crippen LogP contribution in [0.1, 0.15) is 103 Å². The van der Waals surface area contributed by atoms with Crippen molar-refractivity contribution < 1.29 is 25.8 Å². The van der Waals surface area contributed by atoms with E-state index < -0.39 is 0 Å². The van der Waals surface area contributed by atoms with E-state index in [-0.39, 0.29) is 25.8 Å². The second-order valence-corrected chi connectivity index (χ2v) is 10.4. The molecular weight excluding hydrogens is 563 g/mol. The average molecular weight is 604 g/mol. The summed E-state index contributed by atoms with van der Waals surface area (Å²) in [5.74, 6) is 1.81. The van der Waals surface area contributed by atoms with Gasteiger partial charge in [-0.1, -0.05) is 82.9 Å². The van der Waals surface area contributed by atoms with Crippen LogP contribution in [-0.2, 0) is 32.3 Å². The van der Waals surface area contributed by atoms with Crippen molar-refractivity contribution in [2.75, 3.05) is 0 Å². The van der Waals surface area contributed by atoms with E-state index in [0.717, 1.165) is 0 Å². The molecule has 0 fully saturated rings. The predicted molar refractivity (Wildman–Crippen MR) is 142 cm³/mol. The number of rotatable bonds is 7. The van der Waals surface area contributed by atoms with Gasteiger partial charge in [0.1, 0.15) is 0 Å². The van der Waals surface area contributed by atoms with Crippen LogP contribution in [-0.4, -0.2) is 0 Å². The standard InChI is InChI=1S/C32H41.Hf/c1-9-19(3)27-17-29-21(5)11-13-23(7)31(29)25(27)15-16-26-28(20(4)10-2)18-30-22(6)12-14-24(8)32(26)30;/h11-14,17-20,25H,9-10,15-16H2,1-8H3;/q-1;. The van der Waals surface area contributed by atoms with E-state index in [1.54, 1.807) is 22.3 Å². The first-order valence-electron chi connectivity index (χ1n) is 12.8. The summed E-state index contributed by atoms with van der Waals surface area (Å²) >= 11 is 0. The van der Waals surface area contributed by atoms with Gasteiger partial charge in [-0.05, 0) is 67.7 Å². The van der Waals surface area contributed by atoms with E-state index in [4.69, 9.17) is 0 Å². The average Bonchev–Trinajstić information content (AvgIpc) is 3.37. The summed E-state index contributed by atoms with van der Waals surface area (Å²) in [6.07, 6.45) is 7.33. The topological polar surface area (TPSA) is 0 Å². The Labute approximate surface area is 221 Å². The molecule has 3 atom stereocenters. The number of hydrogen-bond donors (Lipinski definition) is 0. The molecule has 3 unspecified atom stereocenters. The minimum atomic E-state index is 0. The molecule has 1 aliphatic carbocycles. The molecule has 1 heteroatoms. The summed E-state index contributed by atoms with van der Waals surface area (Å²) in [6, 6.07) is 11.8. The Hall–Kier alpha value is -1.34. The molecule has 3 aromatic carbocycles. The Morgan fingerprint density at radius 3 is 2.09 bits per heavy atom. The first-order valence-corrected chi connectivity index (χ1v) is 12.8. The Kier molecular flexibility index (Phi) is 8.37. The number of allylic oxidation sites excluding steroid dienone is 1. The minimum absolute atomic E-state index is 0. The summed E-state index contributed by atoms with van der Waals surface area (Å²) in [5, 5.41) is 3.01. The van der Waals surface area contributed by atoms with E-state index in [9.17, 15) is 0 Å². The Balaban J connectivity index is 0.00000306. The van der Waals surface area contributed by atoms with Gasteiger partial charge in [-0.3, -0.25) is 0 Å². The van der Waals surface area contributed by atoms with Crippen LogP contribution in [0, 0.1) is 33.6 Å². The van der Waals surface area contributed by atoms with Crippen molar-refractivity contribution >= 4 is 16.8 Å². The van der Waals surface area contributed by atoms with Crippen molar-refractivity contribution in [1.29, 1.82) is 0 Å². The number of benzene rings is 2. The van der Waals surface area contributed by atoms with Gasteiger partial charge < -0.3 is 0 Å². The van der Waals surface area contributed by atoms with Crippen LogP contribution >= 0.6 is 0 Å². The molecule has 174 valence electrons. The van der Waals surface area contributed by atoms with Crippen molar-refractivity contribution in [2.24, 2.45) is 5.92 Å².